The van der Waals surface area contributed by atoms with Crippen LogP contribution in [0.4, 0.5) is 10.2 Å². The normalized spacial score (nSPS) is 11.0. The standard InChI is InChI=1S/C22H22FN5O/c1-14-7-15(2)28(27-14)12-17-6-4-5-16(8-17)11-24-22-18-9-21(29-3)19(23)10-20(18)25-13-26-22/h4-10,13H,11-12H2,1-3H3,(H,24,25,26). The lowest BCUT2D eigenvalue weighted by molar-refractivity contribution is 0.387. The average molecular weight is 391 g/mol. The molecular formula is C22H22FN5O. The number of nitrogens with zero attached hydrogens (tertiary/aromatic N) is 4. The van der Waals surface area contributed by atoms with Crippen molar-refractivity contribution in [2.75, 3.05) is 12.4 Å². The zero-order valence-electron chi connectivity index (χ0n) is 16.6. The zero-order valence-corrected chi connectivity index (χ0v) is 16.6. The summed E-state index contributed by atoms with van der Waals surface area (Å²) in [5.74, 6) is 0.362. The fraction of sp³-hybridized carbons (Fsp3) is 0.227. The summed E-state index contributed by atoms with van der Waals surface area (Å²) in [6.07, 6.45) is 1.43. The van der Waals surface area contributed by atoms with Crippen LogP contribution in [0.1, 0.15) is 22.5 Å². The van der Waals surface area contributed by atoms with Crippen molar-refractivity contribution in [3.05, 3.63) is 77.1 Å². The lowest BCUT2D eigenvalue weighted by Crippen LogP contribution is -2.06. The van der Waals surface area contributed by atoms with Crippen molar-refractivity contribution in [3.63, 3.8) is 0 Å². The van der Waals surface area contributed by atoms with Gasteiger partial charge in [0.05, 0.1) is 24.9 Å². The predicted molar refractivity (Wildman–Crippen MR) is 111 cm³/mol. The monoisotopic (exact) mass is 391 g/mol. The van der Waals surface area contributed by atoms with Gasteiger partial charge in [0, 0.05) is 23.7 Å². The van der Waals surface area contributed by atoms with E-state index in [0.717, 1.165) is 23.5 Å². The summed E-state index contributed by atoms with van der Waals surface area (Å²) in [5, 5.41) is 8.57. The van der Waals surface area contributed by atoms with Crippen molar-refractivity contribution in [3.8, 4) is 5.75 Å². The molecular weight excluding hydrogens is 369 g/mol. The van der Waals surface area contributed by atoms with Crippen LogP contribution in [-0.4, -0.2) is 26.9 Å². The zero-order chi connectivity index (χ0) is 20.4. The Hall–Kier alpha value is -3.48. The van der Waals surface area contributed by atoms with Gasteiger partial charge < -0.3 is 10.1 Å². The summed E-state index contributed by atoms with van der Waals surface area (Å²) < 4.78 is 21.0. The molecule has 2 aromatic heterocycles. The van der Waals surface area contributed by atoms with E-state index in [9.17, 15) is 4.39 Å². The molecule has 0 bridgehead atoms. The van der Waals surface area contributed by atoms with Crippen molar-refractivity contribution in [1.82, 2.24) is 19.7 Å². The van der Waals surface area contributed by atoms with Gasteiger partial charge >= 0.3 is 0 Å². The number of hydrogen-bond donors (Lipinski definition) is 1. The number of benzene rings is 2. The summed E-state index contributed by atoms with van der Waals surface area (Å²) in [6.45, 7) is 5.36. The quantitative estimate of drug-likeness (QED) is 0.532. The third kappa shape index (κ3) is 4.03. The van der Waals surface area contributed by atoms with E-state index in [1.807, 2.05) is 17.7 Å². The minimum atomic E-state index is -0.443. The Morgan fingerprint density at radius 3 is 2.66 bits per heavy atom. The molecule has 0 aliphatic rings. The van der Waals surface area contributed by atoms with Gasteiger partial charge in [-0.15, -0.1) is 0 Å². The van der Waals surface area contributed by atoms with Gasteiger partial charge in [-0.3, -0.25) is 4.68 Å². The Morgan fingerprint density at radius 1 is 1.07 bits per heavy atom. The first kappa shape index (κ1) is 18.9. The molecule has 29 heavy (non-hydrogen) atoms. The predicted octanol–water partition coefficient (Wildman–Crippen LogP) is 4.25. The second-order valence-electron chi connectivity index (χ2n) is 6.98. The molecule has 4 aromatic rings. The molecule has 1 N–H and O–H groups in total. The maximum atomic E-state index is 13.9. The van der Waals surface area contributed by atoms with Gasteiger partial charge in [0.1, 0.15) is 12.1 Å². The molecule has 4 rings (SSSR count). The van der Waals surface area contributed by atoms with E-state index >= 15 is 0 Å². The van der Waals surface area contributed by atoms with Gasteiger partial charge in [0.2, 0.25) is 0 Å². The van der Waals surface area contributed by atoms with Crippen LogP contribution in [0, 0.1) is 19.7 Å². The van der Waals surface area contributed by atoms with Crippen LogP contribution in [-0.2, 0) is 13.1 Å². The third-order valence-corrected chi connectivity index (χ3v) is 4.80. The second kappa shape index (κ2) is 7.87. The first-order chi connectivity index (χ1) is 14.0. The number of fused-ring (bicyclic) bond motifs is 1. The Labute approximate surface area is 168 Å². The van der Waals surface area contributed by atoms with E-state index < -0.39 is 5.82 Å². The molecule has 6 nitrogen and oxygen atoms in total. The van der Waals surface area contributed by atoms with E-state index in [4.69, 9.17) is 4.74 Å². The molecule has 0 aliphatic heterocycles. The maximum Gasteiger partial charge on any atom is 0.167 e. The number of aromatic nitrogens is 4. The van der Waals surface area contributed by atoms with Gasteiger partial charge in [0.15, 0.2) is 11.6 Å². The highest BCUT2D eigenvalue weighted by atomic mass is 19.1. The lowest BCUT2D eigenvalue weighted by atomic mass is 10.1. The van der Waals surface area contributed by atoms with Gasteiger partial charge in [0.25, 0.3) is 0 Å². The Balaban J connectivity index is 1.54. The molecule has 0 saturated carbocycles. The Bertz CT molecular complexity index is 1170. The molecule has 2 aromatic carbocycles. The Morgan fingerprint density at radius 2 is 1.90 bits per heavy atom. The SMILES string of the molecule is COc1cc2c(NCc3cccc(Cn4nc(C)cc4C)c3)ncnc2cc1F. The lowest BCUT2D eigenvalue weighted by Gasteiger charge is -2.11. The summed E-state index contributed by atoms with van der Waals surface area (Å²) in [4.78, 5) is 8.47. The molecule has 0 unspecified atom stereocenters. The number of anilines is 1. The summed E-state index contributed by atoms with van der Waals surface area (Å²) in [5.41, 5.74) is 4.97. The van der Waals surface area contributed by atoms with Crippen molar-refractivity contribution in [1.29, 1.82) is 0 Å². The van der Waals surface area contributed by atoms with Crippen LogP contribution in [0.2, 0.25) is 0 Å². The first-order valence-electron chi connectivity index (χ1n) is 9.34. The number of halogens is 1. The van der Waals surface area contributed by atoms with Crippen LogP contribution in [0.25, 0.3) is 10.9 Å². The van der Waals surface area contributed by atoms with Crippen LogP contribution in [0.15, 0.2) is 48.8 Å². The fourth-order valence-electron chi connectivity index (χ4n) is 3.39. The molecule has 0 spiro atoms. The topological polar surface area (TPSA) is 64.9 Å². The molecule has 7 heteroatoms. The highest BCUT2D eigenvalue weighted by Gasteiger charge is 2.10. The van der Waals surface area contributed by atoms with E-state index in [-0.39, 0.29) is 5.75 Å². The van der Waals surface area contributed by atoms with E-state index in [0.29, 0.717) is 23.3 Å². The highest BCUT2D eigenvalue weighted by molar-refractivity contribution is 5.90. The maximum absolute atomic E-state index is 13.9. The minimum Gasteiger partial charge on any atom is -0.494 e. The number of aryl methyl sites for hydroxylation is 2. The highest BCUT2D eigenvalue weighted by Crippen LogP contribution is 2.27. The van der Waals surface area contributed by atoms with Crippen molar-refractivity contribution < 1.29 is 9.13 Å². The number of ether oxygens (including phenoxy) is 1. The molecule has 2 heterocycles. The molecule has 0 amide bonds. The molecule has 0 saturated heterocycles. The molecule has 0 aliphatic carbocycles. The summed E-state index contributed by atoms with van der Waals surface area (Å²) in [6, 6.07) is 13.4. The van der Waals surface area contributed by atoms with Crippen molar-refractivity contribution in [2.45, 2.75) is 26.9 Å². The number of methoxy groups -OCH3 is 1. The van der Waals surface area contributed by atoms with Gasteiger partial charge in [-0.25, -0.2) is 14.4 Å². The van der Waals surface area contributed by atoms with Crippen LogP contribution in [0.5, 0.6) is 5.75 Å². The number of rotatable bonds is 6. The first-order valence-corrected chi connectivity index (χ1v) is 9.34. The average Bonchev–Trinajstić information content (AvgIpc) is 3.02. The van der Waals surface area contributed by atoms with E-state index in [1.54, 1.807) is 6.07 Å². The van der Waals surface area contributed by atoms with Gasteiger partial charge in [-0.2, -0.15) is 5.10 Å². The van der Waals surface area contributed by atoms with E-state index in [1.165, 1.54) is 25.1 Å². The molecule has 0 fully saturated rings. The summed E-state index contributed by atoms with van der Waals surface area (Å²) in [7, 11) is 1.44. The minimum absolute atomic E-state index is 0.169. The fourth-order valence-corrected chi connectivity index (χ4v) is 3.39. The van der Waals surface area contributed by atoms with Crippen molar-refractivity contribution in [2.24, 2.45) is 0 Å². The number of hydrogen-bond acceptors (Lipinski definition) is 5. The molecule has 0 radical (unpaired) electrons. The molecule has 0 atom stereocenters. The smallest absolute Gasteiger partial charge is 0.167 e. The number of nitrogens with one attached hydrogen (secondary N) is 1. The van der Waals surface area contributed by atoms with Crippen LogP contribution < -0.4 is 10.1 Å². The van der Waals surface area contributed by atoms with Gasteiger partial charge in [-0.1, -0.05) is 24.3 Å². The second-order valence-corrected chi connectivity index (χ2v) is 6.98. The van der Waals surface area contributed by atoms with E-state index in [2.05, 4.69) is 51.6 Å². The summed E-state index contributed by atoms with van der Waals surface area (Å²) >= 11 is 0. The van der Waals surface area contributed by atoms with Crippen molar-refractivity contribution >= 4 is 16.7 Å². The van der Waals surface area contributed by atoms with Crippen LogP contribution >= 0.6 is 0 Å². The van der Waals surface area contributed by atoms with Gasteiger partial charge in [-0.05, 0) is 37.1 Å². The third-order valence-electron chi connectivity index (χ3n) is 4.80. The molecule has 148 valence electrons. The largest absolute Gasteiger partial charge is 0.494 e. The van der Waals surface area contributed by atoms with Crippen LogP contribution in [0.3, 0.4) is 0 Å². The Kier molecular flexibility index (Phi) is 5.12.